The van der Waals surface area contributed by atoms with Crippen molar-refractivity contribution in [1.82, 2.24) is 14.5 Å². The van der Waals surface area contributed by atoms with Crippen LogP contribution in [0, 0.1) is 11.7 Å². The van der Waals surface area contributed by atoms with Gasteiger partial charge in [-0.15, -0.1) is 0 Å². The van der Waals surface area contributed by atoms with Crippen molar-refractivity contribution in [1.29, 1.82) is 0 Å². The first-order chi connectivity index (χ1) is 12.2. The molecular weight excluding hydrogens is 321 g/mol. The van der Waals surface area contributed by atoms with E-state index in [1.54, 1.807) is 25.4 Å². The fourth-order valence-corrected chi connectivity index (χ4v) is 2.97. The number of aromatic nitrogens is 2. The van der Waals surface area contributed by atoms with Crippen LogP contribution in [0.25, 0.3) is 0 Å². The molecule has 0 bridgehead atoms. The number of imidazole rings is 1. The zero-order chi connectivity index (χ0) is 17.6. The summed E-state index contributed by atoms with van der Waals surface area (Å²) in [6.45, 7) is 2.14. The molecule has 0 spiro atoms. The van der Waals surface area contributed by atoms with Crippen molar-refractivity contribution in [2.24, 2.45) is 5.92 Å². The van der Waals surface area contributed by atoms with Crippen LogP contribution in [0.15, 0.2) is 36.7 Å². The van der Waals surface area contributed by atoms with Gasteiger partial charge in [0.05, 0.1) is 13.2 Å². The molecule has 0 atom stereocenters. The Hall–Kier alpha value is -2.21. The molecule has 134 valence electrons. The predicted molar refractivity (Wildman–Crippen MR) is 92.4 cm³/mol. The number of hydrogen-bond acceptors (Lipinski definition) is 3. The van der Waals surface area contributed by atoms with Gasteiger partial charge in [-0.1, -0.05) is 18.6 Å². The second kappa shape index (κ2) is 8.25. The molecule has 0 saturated heterocycles. The molecule has 0 aliphatic heterocycles. The Labute approximate surface area is 147 Å². The molecule has 0 unspecified atom stereocenters. The van der Waals surface area contributed by atoms with Gasteiger partial charge in [-0.25, -0.2) is 9.37 Å². The molecule has 5 nitrogen and oxygen atoms in total. The quantitative estimate of drug-likeness (QED) is 0.739. The Morgan fingerprint density at radius 3 is 2.76 bits per heavy atom. The van der Waals surface area contributed by atoms with Gasteiger partial charge in [0.15, 0.2) is 0 Å². The van der Waals surface area contributed by atoms with Crippen molar-refractivity contribution in [2.75, 3.05) is 20.3 Å². The molecule has 0 radical (unpaired) electrons. The van der Waals surface area contributed by atoms with Crippen molar-refractivity contribution in [3.63, 3.8) is 0 Å². The van der Waals surface area contributed by atoms with E-state index in [1.807, 2.05) is 15.7 Å². The zero-order valence-corrected chi connectivity index (χ0v) is 14.5. The van der Waals surface area contributed by atoms with Crippen LogP contribution in [0.3, 0.4) is 0 Å². The van der Waals surface area contributed by atoms with Crippen LogP contribution in [0.2, 0.25) is 0 Å². The minimum atomic E-state index is -0.244. The Morgan fingerprint density at radius 2 is 2.12 bits per heavy atom. The van der Waals surface area contributed by atoms with Gasteiger partial charge in [0.25, 0.3) is 0 Å². The molecule has 1 heterocycles. The predicted octanol–water partition coefficient (Wildman–Crippen LogP) is 2.85. The second-order valence-corrected chi connectivity index (χ2v) is 6.48. The maximum atomic E-state index is 13.1. The second-order valence-electron chi connectivity index (χ2n) is 6.48. The van der Waals surface area contributed by atoms with E-state index >= 15 is 0 Å². The molecule has 1 aliphatic rings. The van der Waals surface area contributed by atoms with Crippen LogP contribution < -0.4 is 0 Å². The summed E-state index contributed by atoms with van der Waals surface area (Å²) in [7, 11) is 1.64. The fourth-order valence-electron chi connectivity index (χ4n) is 2.97. The van der Waals surface area contributed by atoms with E-state index in [1.165, 1.54) is 12.1 Å². The largest absolute Gasteiger partial charge is 0.383 e. The smallest absolute Gasteiger partial charge is 0.226 e. The first-order valence-corrected chi connectivity index (χ1v) is 8.69. The number of benzene rings is 1. The highest BCUT2D eigenvalue weighted by Crippen LogP contribution is 2.28. The summed E-state index contributed by atoms with van der Waals surface area (Å²) in [5, 5.41) is 0. The summed E-state index contributed by atoms with van der Waals surface area (Å²) in [6.07, 6.45) is 6.72. The topological polar surface area (TPSA) is 47.4 Å². The number of rotatable bonds is 8. The number of amides is 1. The number of hydrogen-bond donors (Lipinski definition) is 0. The normalized spacial score (nSPS) is 14.3. The molecule has 1 amide bonds. The molecule has 1 saturated carbocycles. The van der Waals surface area contributed by atoms with Gasteiger partial charge in [0.1, 0.15) is 11.6 Å². The lowest BCUT2D eigenvalue weighted by atomic mass is 9.84. The molecule has 6 heteroatoms. The van der Waals surface area contributed by atoms with E-state index in [0.29, 0.717) is 26.2 Å². The summed E-state index contributed by atoms with van der Waals surface area (Å²) in [4.78, 5) is 18.9. The van der Waals surface area contributed by atoms with Crippen molar-refractivity contribution < 1.29 is 13.9 Å². The first kappa shape index (κ1) is 17.6. The summed E-state index contributed by atoms with van der Waals surface area (Å²) < 4.78 is 20.2. The highest BCUT2D eigenvalue weighted by molar-refractivity contribution is 5.79. The first-order valence-electron chi connectivity index (χ1n) is 8.69. The van der Waals surface area contributed by atoms with E-state index in [4.69, 9.17) is 4.74 Å². The van der Waals surface area contributed by atoms with Crippen LogP contribution in [-0.2, 0) is 22.6 Å². The Morgan fingerprint density at radius 1 is 1.36 bits per heavy atom. The molecule has 3 rings (SSSR count). The standard InChI is InChI=1S/C19H24FN3O2/c1-25-12-11-23(19(24)16-3-2-4-16)14-18-21-9-10-22(18)13-15-5-7-17(20)8-6-15/h5-10,16H,2-4,11-14H2,1H3. The fraction of sp³-hybridized carbons (Fsp3) is 0.474. The number of nitrogens with zero attached hydrogens (tertiary/aromatic N) is 3. The van der Waals surface area contributed by atoms with Crippen LogP contribution in [0.5, 0.6) is 0 Å². The summed E-state index contributed by atoms with van der Waals surface area (Å²) in [5.41, 5.74) is 0.995. The maximum Gasteiger partial charge on any atom is 0.226 e. The minimum absolute atomic E-state index is 0.150. The third kappa shape index (κ3) is 4.45. The summed E-state index contributed by atoms with van der Waals surface area (Å²) in [6, 6.07) is 6.44. The van der Waals surface area contributed by atoms with Crippen molar-refractivity contribution >= 4 is 5.91 Å². The van der Waals surface area contributed by atoms with Gasteiger partial charge in [-0.05, 0) is 30.5 Å². The lowest BCUT2D eigenvalue weighted by molar-refractivity contribution is -0.139. The van der Waals surface area contributed by atoms with Crippen LogP contribution >= 0.6 is 0 Å². The third-order valence-corrected chi connectivity index (χ3v) is 4.73. The zero-order valence-electron chi connectivity index (χ0n) is 14.5. The highest BCUT2D eigenvalue weighted by atomic mass is 19.1. The van der Waals surface area contributed by atoms with Gasteiger partial charge in [0, 0.05) is 38.5 Å². The Balaban J connectivity index is 1.70. The monoisotopic (exact) mass is 345 g/mol. The average molecular weight is 345 g/mol. The van der Waals surface area contributed by atoms with Gasteiger partial charge >= 0.3 is 0 Å². The van der Waals surface area contributed by atoms with Crippen LogP contribution in [0.4, 0.5) is 4.39 Å². The number of ether oxygens (including phenoxy) is 1. The molecule has 1 fully saturated rings. The number of halogens is 1. The molecule has 1 aromatic carbocycles. The van der Waals surface area contributed by atoms with E-state index in [0.717, 1.165) is 30.7 Å². The van der Waals surface area contributed by atoms with Crippen molar-refractivity contribution in [2.45, 2.75) is 32.4 Å². The van der Waals surface area contributed by atoms with Crippen LogP contribution in [0.1, 0.15) is 30.7 Å². The SMILES string of the molecule is COCCN(Cc1nccn1Cc1ccc(F)cc1)C(=O)C1CCC1. The lowest BCUT2D eigenvalue weighted by Gasteiger charge is -2.31. The third-order valence-electron chi connectivity index (χ3n) is 4.73. The maximum absolute atomic E-state index is 13.1. The van der Waals surface area contributed by atoms with Gasteiger partial charge in [-0.2, -0.15) is 0 Å². The van der Waals surface area contributed by atoms with E-state index in [2.05, 4.69) is 4.98 Å². The van der Waals surface area contributed by atoms with Gasteiger partial charge in [0.2, 0.25) is 5.91 Å². The van der Waals surface area contributed by atoms with Crippen molar-refractivity contribution in [3.8, 4) is 0 Å². The molecular formula is C19H24FN3O2. The Bertz CT molecular complexity index is 695. The average Bonchev–Trinajstić information content (AvgIpc) is 2.98. The van der Waals surface area contributed by atoms with E-state index in [9.17, 15) is 9.18 Å². The van der Waals surface area contributed by atoms with Crippen molar-refractivity contribution in [3.05, 3.63) is 53.9 Å². The number of carbonyl (C=O) groups is 1. The molecule has 1 aromatic heterocycles. The molecule has 1 aliphatic carbocycles. The highest BCUT2D eigenvalue weighted by Gasteiger charge is 2.29. The molecule has 0 N–H and O–H groups in total. The Kier molecular flexibility index (Phi) is 5.81. The summed E-state index contributed by atoms with van der Waals surface area (Å²) in [5.74, 6) is 0.927. The van der Waals surface area contributed by atoms with E-state index < -0.39 is 0 Å². The van der Waals surface area contributed by atoms with Gasteiger partial charge < -0.3 is 14.2 Å². The molecule has 25 heavy (non-hydrogen) atoms. The molecule has 2 aromatic rings. The lowest BCUT2D eigenvalue weighted by Crippen LogP contribution is -2.40. The van der Waals surface area contributed by atoms with E-state index in [-0.39, 0.29) is 17.6 Å². The minimum Gasteiger partial charge on any atom is -0.383 e. The number of carbonyl (C=O) groups excluding carboxylic acids is 1. The number of methoxy groups -OCH3 is 1. The van der Waals surface area contributed by atoms with Gasteiger partial charge in [-0.3, -0.25) is 4.79 Å². The summed E-state index contributed by atoms with van der Waals surface area (Å²) >= 11 is 0. The van der Waals surface area contributed by atoms with Crippen LogP contribution in [-0.4, -0.2) is 40.6 Å².